The number of rotatable bonds is 7. The first-order valence-electron chi connectivity index (χ1n) is 5.75. The van der Waals surface area contributed by atoms with Crippen molar-refractivity contribution in [1.29, 1.82) is 0 Å². The van der Waals surface area contributed by atoms with E-state index in [0.717, 1.165) is 25.1 Å². The van der Waals surface area contributed by atoms with Crippen molar-refractivity contribution in [3.63, 3.8) is 0 Å². The van der Waals surface area contributed by atoms with E-state index in [2.05, 4.69) is 16.9 Å². The molecule has 0 heterocycles. The molecule has 0 saturated heterocycles. The fourth-order valence-electron chi connectivity index (χ4n) is 1.53. The SMILES string of the molecule is C=C(C)CNC(N)=NCC1(CCOC)CC1.I. The molecule has 1 aliphatic carbocycles. The van der Waals surface area contributed by atoms with Crippen molar-refractivity contribution >= 4 is 29.9 Å². The molecule has 0 spiro atoms. The summed E-state index contributed by atoms with van der Waals surface area (Å²) < 4.78 is 5.10. The van der Waals surface area contributed by atoms with Crippen LogP contribution in [0.5, 0.6) is 0 Å². The van der Waals surface area contributed by atoms with Gasteiger partial charge in [-0.25, -0.2) is 0 Å². The minimum atomic E-state index is 0. The number of nitrogens with one attached hydrogen (secondary N) is 1. The predicted molar refractivity (Wildman–Crippen MR) is 82.9 cm³/mol. The molecule has 0 aromatic heterocycles. The van der Waals surface area contributed by atoms with Crippen molar-refractivity contribution in [3.05, 3.63) is 12.2 Å². The maximum absolute atomic E-state index is 5.75. The number of guanidine groups is 1. The van der Waals surface area contributed by atoms with Gasteiger partial charge >= 0.3 is 0 Å². The monoisotopic (exact) mass is 353 g/mol. The van der Waals surface area contributed by atoms with Gasteiger partial charge in [-0.05, 0) is 31.6 Å². The maximum atomic E-state index is 5.75. The van der Waals surface area contributed by atoms with Crippen molar-refractivity contribution < 1.29 is 4.74 Å². The van der Waals surface area contributed by atoms with Gasteiger partial charge in [0.1, 0.15) is 0 Å². The molecule has 0 aromatic carbocycles. The third kappa shape index (κ3) is 6.88. The van der Waals surface area contributed by atoms with E-state index in [1.165, 1.54) is 12.8 Å². The third-order valence-electron chi connectivity index (χ3n) is 2.95. The van der Waals surface area contributed by atoms with Crippen LogP contribution in [-0.4, -0.2) is 32.8 Å². The lowest BCUT2D eigenvalue weighted by molar-refractivity contribution is 0.174. The molecule has 17 heavy (non-hydrogen) atoms. The number of nitrogens with zero attached hydrogens (tertiary/aromatic N) is 1. The first kappa shape index (κ1) is 16.7. The lowest BCUT2D eigenvalue weighted by Gasteiger charge is -2.12. The molecule has 0 aliphatic heterocycles. The van der Waals surface area contributed by atoms with Crippen LogP contribution in [0.25, 0.3) is 0 Å². The van der Waals surface area contributed by atoms with Crippen molar-refractivity contribution in [2.75, 3.05) is 26.8 Å². The summed E-state index contributed by atoms with van der Waals surface area (Å²) in [6, 6.07) is 0. The van der Waals surface area contributed by atoms with Crippen LogP contribution in [0.3, 0.4) is 0 Å². The quantitative estimate of drug-likeness (QED) is 0.318. The first-order valence-corrected chi connectivity index (χ1v) is 5.75. The van der Waals surface area contributed by atoms with Gasteiger partial charge in [0, 0.05) is 26.8 Å². The molecule has 5 heteroatoms. The molecule has 1 fully saturated rings. The zero-order chi connectivity index (χ0) is 12.0. The van der Waals surface area contributed by atoms with Gasteiger partial charge in [-0.2, -0.15) is 0 Å². The Morgan fingerprint density at radius 1 is 1.53 bits per heavy atom. The number of halogens is 1. The Morgan fingerprint density at radius 3 is 2.65 bits per heavy atom. The van der Waals surface area contributed by atoms with Crippen molar-refractivity contribution in [2.24, 2.45) is 16.1 Å². The van der Waals surface area contributed by atoms with Crippen LogP contribution < -0.4 is 11.1 Å². The molecule has 0 bridgehead atoms. The Balaban J connectivity index is 0.00000256. The van der Waals surface area contributed by atoms with Gasteiger partial charge in [-0.3, -0.25) is 4.99 Å². The highest BCUT2D eigenvalue weighted by atomic mass is 127. The Labute approximate surface area is 121 Å². The first-order chi connectivity index (χ1) is 7.58. The Morgan fingerprint density at radius 2 is 2.18 bits per heavy atom. The van der Waals surface area contributed by atoms with Crippen LogP contribution in [0.2, 0.25) is 0 Å². The Kier molecular flexibility index (Phi) is 7.78. The molecule has 0 radical (unpaired) electrons. The fourth-order valence-corrected chi connectivity index (χ4v) is 1.53. The summed E-state index contributed by atoms with van der Waals surface area (Å²) in [5.74, 6) is 0.520. The highest BCUT2D eigenvalue weighted by Gasteiger charge is 2.41. The summed E-state index contributed by atoms with van der Waals surface area (Å²) in [4.78, 5) is 4.37. The molecule has 0 amide bonds. The van der Waals surface area contributed by atoms with Crippen molar-refractivity contribution in [2.45, 2.75) is 26.2 Å². The van der Waals surface area contributed by atoms with Gasteiger partial charge in [-0.1, -0.05) is 12.2 Å². The molecule has 1 rings (SSSR count). The fraction of sp³-hybridized carbons (Fsp3) is 0.750. The standard InChI is InChI=1S/C12H23N3O.HI/c1-10(2)8-14-11(13)15-9-12(4-5-12)6-7-16-3;/h1,4-9H2,2-3H3,(H3,13,14,15);1H. The van der Waals surface area contributed by atoms with E-state index < -0.39 is 0 Å². The summed E-state index contributed by atoms with van der Waals surface area (Å²) in [7, 11) is 1.74. The van der Waals surface area contributed by atoms with Gasteiger partial charge in [0.25, 0.3) is 0 Å². The van der Waals surface area contributed by atoms with E-state index in [4.69, 9.17) is 10.5 Å². The minimum absolute atomic E-state index is 0. The van der Waals surface area contributed by atoms with Gasteiger partial charge in [-0.15, -0.1) is 24.0 Å². The summed E-state index contributed by atoms with van der Waals surface area (Å²) >= 11 is 0. The van der Waals surface area contributed by atoms with Crippen LogP contribution in [0, 0.1) is 5.41 Å². The van der Waals surface area contributed by atoms with E-state index >= 15 is 0 Å². The normalized spacial score (nSPS) is 17.2. The van der Waals surface area contributed by atoms with E-state index in [-0.39, 0.29) is 24.0 Å². The smallest absolute Gasteiger partial charge is 0.188 e. The minimum Gasteiger partial charge on any atom is -0.385 e. The molecule has 3 N–H and O–H groups in total. The van der Waals surface area contributed by atoms with Crippen LogP contribution in [0.15, 0.2) is 17.1 Å². The molecule has 0 atom stereocenters. The van der Waals surface area contributed by atoms with Gasteiger partial charge in [0.05, 0.1) is 0 Å². The van der Waals surface area contributed by atoms with Crippen LogP contribution >= 0.6 is 24.0 Å². The van der Waals surface area contributed by atoms with E-state index in [1.54, 1.807) is 7.11 Å². The second kappa shape index (κ2) is 7.92. The van der Waals surface area contributed by atoms with E-state index in [9.17, 15) is 0 Å². The van der Waals surface area contributed by atoms with Gasteiger partial charge in [0.15, 0.2) is 5.96 Å². The van der Waals surface area contributed by atoms with Crippen LogP contribution in [0.4, 0.5) is 0 Å². The molecule has 0 unspecified atom stereocenters. The Hall–Kier alpha value is -0.300. The summed E-state index contributed by atoms with van der Waals surface area (Å²) in [6.45, 7) is 8.08. The number of methoxy groups -OCH3 is 1. The van der Waals surface area contributed by atoms with Crippen LogP contribution in [-0.2, 0) is 4.74 Å². The summed E-state index contributed by atoms with van der Waals surface area (Å²) in [5, 5.41) is 3.04. The average Bonchev–Trinajstić information content (AvgIpc) is 3.01. The highest BCUT2D eigenvalue weighted by molar-refractivity contribution is 14.0. The molecule has 1 saturated carbocycles. The van der Waals surface area contributed by atoms with Crippen molar-refractivity contribution in [3.8, 4) is 0 Å². The number of nitrogens with two attached hydrogens (primary N) is 1. The molecule has 1 aliphatic rings. The third-order valence-corrected chi connectivity index (χ3v) is 2.95. The van der Waals surface area contributed by atoms with E-state index in [0.29, 0.717) is 17.9 Å². The number of hydrogen-bond acceptors (Lipinski definition) is 2. The Bertz CT molecular complexity index is 275. The summed E-state index contributed by atoms with van der Waals surface area (Å²) in [6.07, 6.45) is 3.57. The lowest BCUT2D eigenvalue weighted by atomic mass is 10.0. The van der Waals surface area contributed by atoms with Crippen LogP contribution in [0.1, 0.15) is 26.2 Å². The average molecular weight is 353 g/mol. The zero-order valence-electron chi connectivity index (χ0n) is 10.8. The lowest BCUT2D eigenvalue weighted by Crippen LogP contribution is -2.33. The van der Waals surface area contributed by atoms with E-state index in [1.807, 2.05) is 6.92 Å². The highest BCUT2D eigenvalue weighted by Crippen LogP contribution is 2.48. The number of ether oxygens (including phenoxy) is 1. The summed E-state index contributed by atoms with van der Waals surface area (Å²) in [5.41, 5.74) is 7.17. The topological polar surface area (TPSA) is 59.6 Å². The second-order valence-electron chi connectivity index (χ2n) is 4.75. The molecule has 100 valence electrons. The number of hydrogen-bond donors (Lipinski definition) is 2. The van der Waals surface area contributed by atoms with Gasteiger partial charge in [0.2, 0.25) is 0 Å². The molecule has 0 aromatic rings. The molecular formula is C12H24IN3O. The van der Waals surface area contributed by atoms with Crippen molar-refractivity contribution in [1.82, 2.24) is 5.32 Å². The predicted octanol–water partition coefficient (Wildman–Crippen LogP) is 1.90. The molecule has 4 nitrogen and oxygen atoms in total. The number of aliphatic imine (C=N–C) groups is 1. The molecular weight excluding hydrogens is 329 g/mol. The van der Waals surface area contributed by atoms with Gasteiger partial charge < -0.3 is 15.8 Å². The second-order valence-corrected chi connectivity index (χ2v) is 4.75. The zero-order valence-corrected chi connectivity index (χ0v) is 13.1. The largest absolute Gasteiger partial charge is 0.385 e. The maximum Gasteiger partial charge on any atom is 0.188 e.